The SMILES string of the molecule is Cc1sc(NNc2ccccc2)nc1-c1cc(C)n(Cc2ccco2)c1C. The summed E-state index contributed by atoms with van der Waals surface area (Å²) in [4.78, 5) is 6.00. The molecule has 3 heterocycles. The Kier molecular flexibility index (Phi) is 4.73. The minimum Gasteiger partial charge on any atom is -0.467 e. The van der Waals surface area contributed by atoms with Gasteiger partial charge in [-0.25, -0.2) is 4.98 Å². The highest BCUT2D eigenvalue weighted by molar-refractivity contribution is 7.16. The number of nitrogens with zero attached hydrogens (tertiary/aromatic N) is 2. The van der Waals surface area contributed by atoms with E-state index in [0.717, 1.165) is 28.8 Å². The molecule has 6 heteroatoms. The van der Waals surface area contributed by atoms with Gasteiger partial charge in [-0.3, -0.25) is 10.9 Å². The van der Waals surface area contributed by atoms with Gasteiger partial charge in [-0.05, 0) is 51.1 Å². The van der Waals surface area contributed by atoms with Gasteiger partial charge in [0.2, 0.25) is 5.13 Å². The number of benzene rings is 1. The Hall–Kier alpha value is -2.99. The molecule has 27 heavy (non-hydrogen) atoms. The first-order chi connectivity index (χ1) is 13.1. The lowest BCUT2D eigenvalue weighted by atomic mass is 10.1. The van der Waals surface area contributed by atoms with E-state index >= 15 is 0 Å². The van der Waals surface area contributed by atoms with Crippen LogP contribution in [0.4, 0.5) is 10.8 Å². The van der Waals surface area contributed by atoms with Crippen LogP contribution in [0, 0.1) is 20.8 Å². The zero-order valence-electron chi connectivity index (χ0n) is 15.6. The molecule has 0 amide bonds. The van der Waals surface area contributed by atoms with Gasteiger partial charge in [0.15, 0.2) is 0 Å². The van der Waals surface area contributed by atoms with Crippen LogP contribution >= 0.6 is 11.3 Å². The van der Waals surface area contributed by atoms with Crippen molar-refractivity contribution in [1.29, 1.82) is 0 Å². The van der Waals surface area contributed by atoms with Crippen molar-refractivity contribution in [2.75, 3.05) is 10.9 Å². The molecule has 138 valence electrons. The number of hydrazine groups is 1. The van der Waals surface area contributed by atoms with E-state index in [2.05, 4.69) is 42.3 Å². The zero-order valence-corrected chi connectivity index (χ0v) is 16.4. The number of hydrogen-bond acceptors (Lipinski definition) is 5. The van der Waals surface area contributed by atoms with E-state index in [0.29, 0.717) is 0 Å². The topological polar surface area (TPSA) is 55.0 Å². The number of nitrogens with one attached hydrogen (secondary N) is 2. The molecule has 0 aliphatic carbocycles. The lowest BCUT2D eigenvalue weighted by Gasteiger charge is -2.08. The predicted octanol–water partition coefficient (Wildman–Crippen LogP) is 5.62. The first-order valence-electron chi connectivity index (χ1n) is 8.86. The molecular formula is C21H22N4OS. The second kappa shape index (κ2) is 7.32. The second-order valence-corrected chi connectivity index (χ2v) is 7.69. The highest BCUT2D eigenvalue weighted by Crippen LogP contribution is 2.34. The summed E-state index contributed by atoms with van der Waals surface area (Å²) in [5.41, 5.74) is 12.0. The van der Waals surface area contributed by atoms with Crippen molar-refractivity contribution < 1.29 is 4.42 Å². The van der Waals surface area contributed by atoms with Crippen LogP contribution in [0.5, 0.6) is 0 Å². The number of aryl methyl sites for hydroxylation is 2. The maximum absolute atomic E-state index is 5.51. The molecule has 4 rings (SSSR count). The minimum atomic E-state index is 0.731. The highest BCUT2D eigenvalue weighted by Gasteiger charge is 2.17. The molecule has 0 spiro atoms. The predicted molar refractivity (Wildman–Crippen MR) is 111 cm³/mol. The van der Waals surface area contributed by atoms with E-state index in [1.54, 1.807) is 17.6 Å². The van der Waals surface area contributed by atoms with Crippen LogP contribution in [0.1, 0.15) is 22.0 Å². The average molecular weight is 379 g/mol. The molecule has 0 bridgehead atoms. The maximum atomic E-state index is 5.51. The Morgan fingerprint density at radius 1 is 1.04 bits per heavy atom. The third-order valence-electron chi connectivity index (χ3n) is 4.61. The molecule has 0 unspecified atom stereocenters. The van der Waals surface area contributed by atoms with Gasteiger partial charge in [0.1, 0.15) is 5.76 Å². The maximum Gasteiger partial charge on any atom is 0.202 e. The molecule has 0 aliphatic rings. The van der Waals surface area contributed by atoms with Crippen LogP contribution in [-0.2, 0) is 6.54 Å². The quantitative estimate of drug-likeness (QED) is 0.428. The number of para-hydroxylation sites is 1. The Balaban J connectivity index is 1.57. The van der Waals surface area contributed by atoms with Crippen molar-refractivity contribution in [3.05, 3.63) is 76.8 Å². The van der Waals surface area contributed by atoms with Crippen LogP contribution in [0.3, 0.4) is 0 Å². The van der Waals surface area contributed by atoms with E-state index in [4.69, 9.17) is 9.40 Å². The minimum absolute atomic E-state index is 0.731. The summed E-state index contributed by atoms with van der Waals surface area (Å²) >= 11 is 1.65. The van der Waals surface area contributed by atoms with E-state index < -0.39 is 0 Å². The van der Waals surface area contributed by atoms with Crippen molar-refractivity contribution in [3.8, 4) is 11.3 Å². The summed E-state index contributed by atoms with van der Waals surface area (Å²) in [6, 6.07) is 16.1. The second-order valence-electron chi connectivity index (χ2n) is 6.49. The first kappa shape index (κ1) is 17.4. The van der Waals surface area contributed by atoms with Crippen LogP contribution in [0.15, 0.2) is 59.2 Å². The monoisotopic (exact) mass is 378 g/mol. The van der Waals surface area contributed by atoms with Crippen molar-refractivity contribution in [1.82, 2.24) is 9.55 Å². The molecule has 4 aromatic rings. The van der Waals surface area contributed by atoms with Crippen LogP contribution < -0.4 is 10.9 Å². The molecule has 0 aliphatic heterocycles. The normalized spacial score (nSPS) is 10.9. The van der Waals surface area contributed by atoms with E-state index in [1.807, 2.05) is 42.5 Å². The molecule has 5 nitrogen and oxygen atoms in total. The smallest absolute Gasteiger partial charge is 0.202 e. The summed E-state index contributed by atoms with van der Waals surface area (Å²) in [7, 11) is 0. The molecule has 1 aromatic carbocycles. The fourth-order valence-corrected chi connectivity index (χ4v) is 3.97. The third-order valence-corrected chi connectivity index (χ3v) is 5.49. The Morgan fingerprint density at radius 3 is 2.59 bits per heavy atom. The van der Waals surface area contributed by atoms with Crippen molar-refractivity contribution in [3.63, 3.8) is 0 Å². The number of anilines is 2. The number of thiazole rings is 1. The van der Waals surface area contributed by atoms with Crippen LogP contribution in [0.25, 0.3) is 11.3 Å². The Morgan fingerprint density at radius 2 is 1.85 bits per heavy atom. The van der Waals surface area contributed by atoms with Crippen LogP contribution in [-0.4, -0.2) is 9.55 Å². The first-order valence-corrected chi connectivity index (χ1v) is 9.67. The molecule has 3 aromatic heterocycles. The van der Waals surface area contributed by atoms with Gasteiger partial charge in [0, 0.05) is 21.8 Å². The fourth-order valence-electron chi connectivity index (χ4n) is 3.19. The molecule has 2 N–H and O–H groups in total. The van der Waals surface area contributed by atoms with Gasteiger partial charge in [0.25, 0.3) is 0 Å². The number of rotatable bonds is 6. The van der Waals surface area contributed by atoms with Gasteiger partial charge in [-0.2, -0.15) is 0 Å². The summed E-state index contributed by atoms with van der Waals surface area (Å²) in [5.74, 6) is 0.952. The number of aromatic nitrogens is 2. The van der Waals surface area contributed by atoms with Gasteiger partial charge in [-0.1, -0.05) is 18.2 Å². The highest BCUT2D eigenvalue weighted by atomic mass is 32.1. The summed E-state index contributed by atoms with van der Waals surface area (Å²) in [6.07, 6.45) is 1.71. The standard InChI is InChI=1S/C21H22N4OS/c1-14-12-19(15(2)25(14)13-18-10-7-11-26-18)20-16(3)27-21(22-20)24-23-17-8-5-4-6-9-17/h4-12,23H,13H2,1-3H3,(H,22,24). The molecular weight excluding hydrogens is 356 g/mol. The van der Waals surface area contributed by atoms with Gasteiger partial charge < -0.3 is 8.98 Å². The van der Waals surface area contributed by atoms with E-state index in [-0.39, 0.29) is 0 Å². The summed E-state index contributed by atoms with van der Waals surface area (Å²) < 4.78 is 7.78. The van der Waals surface area contributed by atoms with Gasteiger partial charge in [0.05, 0.1) is 24.2 Å². The van der Waals surface area contributed by atoms with Gasteiger partial charge >= 0.3 is 0 Å². The van der Waals surface area contributed by atoms with Crippen molar-refractivity contribution in [2.45, 2.75) is 27.3 Å². The van der Waals surface area contributed by atoms with E-state index in [1.165, 1.54) is 21.8 Å². The van der Waals surface area contributed by atoms with Crippen LogP contribution in [0.2, 0.25) is 0 Å². The molecule has 0 fully saturated rings. The number of hydrogen-bond donors (Lipinski definition) is 2. The van der Waals surface area contributed by atoms with Gasteiger partial charge in [-0.15, -0.1) is 11.3 Å². The Labute approximate surface area is 162 Å². The average Bonchev–Trinajstić information content (AvgIpc) is 3.37. The lowest BCUT2D eigenvalue weighted by Crippen LogP contribution is -2.07. The van der Waals surface area contributed by atoms with E-state index in [9.17, 15) is 0 Å². The summed E-state index contributed by atoms with van der Waals surface area (Å²) in [5, 5.41) is 0.849. The molecule has 0 radical (unpaired) electrons. The lowest BCUT2D eigenvalue weighted by molar-refractivity contribution is 0.489. The number of furan rings is 1. The Bertz CT molecular complexity index is 1030. The van der Waals surface area contributed by atoms with Crippen molar-refractivity contribution >= 4 is 22.2 Å². The molecule has 0 saturated heterocycles. The van der Waals surface area contributed by atoms with Crippen molar-refractivity contribution in [2.24, 2.45) is 0 Å². The fraction of sp³-hybridized carbons (Fsp3) is 0.190. The third kappa shape index (κ3) is 3.61. The largest absolute Gasteiger partial charge is 0.467 e. The summed E-state index contributed by atoms with van der Waals surface area (Å²) in [6.45, 7) is 7.10. The molecule has 0 saturated carbocycles. The zero-order chi connectivity index (χ0) is 18.8. The molecule has 0 atom stereocenters.